The monoisotopic (exact) mass is 369 g/mol. The summed E-state index contributed by atoms with van der Waals surface area (Å²) in [6, 6.07) is 9.70. The lowest BCUT2D eigenvalue weighted by Crippen LogP contribution is -2.28. The summed E-state index contributed by atoms with van der Waals surface area (Å²) in [7, 11) is 3.05. The lowest BCUT2D eigenvalue weighted by atomic mass is 10.0. The second-order valence-electron chi connectivity index (χ2n) is 5.75. The van der Waals surface area contributed by atoms with Crippen LogP contribution in [0.25, 0.3) is 22.1 Å². The zero-order valence-electron chi connectivity index (χ0n) is 15.0. The highest BCUT2D eigenvalue weighted by Gasteiger charge is 2.16. The average molecular weight is 369 g/mol. The van der Waals surface area contributed by atoms with Gasteiger partial charge in [0.05, 0.1) is 31.1 Å². The summed E-state index contributed by atoms with van der Waals surface area (Å²) in [5.41, 5.74) is 1.13. The molecule has 3 rings (SSSR count). The summed E-state index contributed by atoms with van der Waals surface area (Å²) in [4.78, 5) is 23.5. The number of aliphatic carboxylic acids is 1. The summed E-state index contributed by atoms with van der Waals surface area (Å²) in [6.45, 7) is 1.10. The Balaban J connectivity index is 2.11. The van der Waals surface area contributed by atoms with Crippen LogP contribution in [-0.4, -0.2) is 26.8 Å². The van der Waals surface area contributed by atoms with Crippen LogP contribution >= 0.6 is 0 Å². The van der Waals surface area contributed by atoms with Gasteiger partial charge in [-0.15, -0.1) is 0 Å². The average Bonchev–Trinajstić information content (AvgIpc) is 2.65. The van der Waals surface area contributed by atoms with Crippen molar-refractivity contribution in [2.24, 2.45) is 0 Å². The molecule has 27 heavy (non-hydrogen) atoms. The Morgan fingerprint density at radius 1 is 1.07 bits per heavy atom. The molecule has 140 valence electrons. The van der Waals surface area contributed by atoms with Gasteiger partial charge in [-0.05, 0) is 36.8 Å². The number of carbonyl (C=O) groups is 1. The van der Waals surface area contributed by atoms with Crippen LogP contribution in [0, 0.1) is 6.92 Å². The second-order valence-corrected chi connectivity index (χ2v) is 5.75. The number of aryl methyl sites for hydroxylation is 1. The van der Waals surface area contributed by atoms with Crippen molar-refractivity contribution in [1.29, 1.82) is 0 Å². The number of carbonyl (C=O) groups excluding carboxylic acids is 1. The van der Waals surface area contributed by atoms with Gasteiger partial charge in [0, 0.05) is 6.07 Å². The maximum Gasteiger partial charge on any atom is 0.200 e. The first kappa shape index (κ1) is 18.3. The Morgan fingerprint density at radius 3 is 2.48 bits per heavy atom. The summed E-state index contributed by atoms with van der Waals surface area (Å²) >= 11 is 0. The van der Waals surface area contributed by atoms with Gasteiger partial charge in [-0.2, -0.15) is 0 Å². The molecule has 0 saturated carbocycles. The molecule has 0 spiro atoms. The third-order valence-electron chi connectivity index (χ3n) is 4.07. The first-order valence-electron chi connectivity index (χ1n) is 8.07. The van der Waals surface area contributed by atoms with Gasteiger partial charge < -0.3 is 28.5 Å². The molecular formula is C20H17O7-. The minimum Gasteiger partial charge on any atom is -0.546 e. The van der Waals surface area contributed by atoms with Crippen molar-refractivity contribution in [3.8, 4) is 28.4 Å². The fraction of sp³-hybridized carbons (Fsp3) is 0.200. The predicted molar refractivity (Wildman–Crippen MR) is 96.3 cm³/mol. The number of carboxylic acid groups (broad SMARTS) is 1. The van der Waals surface area contributed by atoms with E-state index < -0.39 is 12.6 Å². The zero-order valence-corrected chi connectivity index (χ0v) is 15.0. The Bertz CT molecular complexity index is 1070. The maximum atomic E-state index is 13.0. The van der Waals surface area contributed by atoms with Gasteiger partial charge in [-0.25, -0.2) is 0 Å². The lowest BCUT2D eigenvalue weighted by molar-refractivity contribution is -0.307. The highest BCUT2D eigenvalue weighted by molar-refractivity contribution is 5.84. The van der Waals surface area contributed by atoms with Crippen molar-refractivity contribution in [1.82, 2.24) is 0 Å². The van der Waals surface area contributed by atoms with E-state index in [1.807, 2.05) is 0 Å². The number of rotatable bonds is 6. The van der Waals surface area contributed by atoms with Crippen molar-refractivity contribution in [2.75, 3.05) is 20.8 Å². The van der Waals surface area contributed by atoms with Crippen LogP contribution in [-0.2, 0) is 4.79 Å². The molecule has 2 aromatic carbocycles. The minimum atomic E-state index is -1.34. The molecule has 0 N–H and O–H groups in total. The SMILES string of the molecule is COc1ccc(-c2c(C)oc3cc(OCC(=O)[O-])ccc3c2=O)cc1OC. The molecule has 1 aromatic heterocycles. The van der Waals surface area contributed by atoms with Crippen molar-refractivity contribution < 1.29 is 28.5 Å². The number of ether oxygens (including phenoxy) is 3. The fourth-order valence-corrected chi connectivity index (χ4v) is 2.84. The number of hydrogen-bond acceptors (Lipinski definition) is 7. The molecule has 0 saturated heterocycles. The molecule has 0 aliphatic rings. The summed E-state index contributed by atoms with van der Waals surface area (Å²) in [6.07, 6.45) is 0. The smallest absolute Gasteiger partial charge is 0.200 e. The van der Waals surface area contributed by atoms with Crippen LogP contribution in [0.15, 0.2) is 45.6 Å². The first-order valence-corrected chi connectivity index (χ1v) is 8.07. The first-order chi connectivity index (χ1) is 12.9. The van der Waals surface area contributed by atoms with Crippen molar-refractivity contribution in [3.05, 3.63) is 52.4 Å². The van der Waals surface area contributed by atoms with Crippen molar-refractivity contribution >= 4 is 16.9 Å². The Hall–Kier alpha value is -3.48. The van der Waals surface area contributed by atoms with E-state index in [4.69, 9.17) is 18.6 Å². The van der Waals surface area contributed by atoms with Gasteiger partial charge in [0.25, 0.3) is 0 Å². The van der Waals surface area contributed by atoms with E-state index >= 15 is 0 Å². The van der Waals surface area contributed by atoms with Crippen molar-refractivity contribution in [3.63, 3.8) is 0 Å². The summed E-state index contributed by atoms with van der Waals surface area (Å²) < 4.78 is 21.4. The van der Waals surface area contributed by atoms with Crippen LogP contribution in [0.4, 0.5) is 0 Å². The Labute approximate surface area is 154 Å². The standard InChI is InChI=1S/C20H18O7/c1-11-19(12-4-7-15(24-2)17(8-12)25-3)20(23)14-6-5-13(9-16(14)27-11)26-10-18(21)22/h4-9H,10H2,1-3H3,(H,21,22)/p-1. The largest absolute Gasteiger partial charge is 0.546 e. The molecule has 1 heterocycles. The Kier molecular flexibility index (Phi) is 5.03. The molecule has 0 aliphatic heterocycles. The van der Waals surface area contributed by atoms with E-state index in [1.54, 1.807) is 25.1 Å². The highest BCUT2D eigenvalue weighted by atomic mass is 16.5. The van der Waals surface area contributed by atoms with Crippen LogP contribution in [0.3, 0.4) is 0 Å². The van der Waals surface area contributed by atoms with E-state index in [-0.39, 0.29) is 11.2 Å². The van der Waals surface area contributed by atoms with Gasteiger partial charge in [-0.3, -0.25) is 4.79 Å². The van der Waals surface area contributed by atoms with Gasteiger partial charge in [0.2, 0.25) is 5.43 Å². The van der Waals surface area contributed by atoms with Gasteiger partial charge >= 0.3 is 0 Å². The van der Waals surface area contributed by atoms with Gasteiger partial charge in [0.1, 0.15) is 23.7 Å². The maximum absolute atomic E-state index is 13.0. The quantitative estimate of drug-likeness (QED) is 0.654. The van der Waals surface area contributed by atoms with Crippen molar-refractivity contribution in [2.45, 2.75) is 6.92 Å². The van der Waals surface area contributed by atoms with E-state index in [9.17, 15) is 14.7 Å². The van der Waals surface area contributed by atoms with E-state index in [0.717, 1.165) is 0 Å². The van der Waals surface area contributed by atoms with Gasteiger partial charge in [0.15, 0.2) is 11.5 Å². The van der Waals surface area contributed by atoms with E-state index in [0.29, 0.717) is 39.4 Å². The third kappa shape index (κ3) is 3.57. The molecule has 0 radical (unpaired) electrons. The molecule has 0 amide bonds. The van der Waals surface area contributed by atoms with E-state index in [1.165, 1.54) is 32.4 Å². The molecule has 0 atom stereocenters. The van der Waals surface area contributed by atoms with E-state index in [2.05, 4.69) is 0 Å². The van der Waals surface area contributed by atoms with Crippen LogP contribution < -0.4 is 24.7 Å². The molecule has 7 nitrogen and oxygen atoms in total. The predicted octanol–water partition coefficient (Wildman–Crippen LogP) is 1.91. The van der Waals surface area contributed by atoms with Crippen LogP contribution in [0.5, 0.6) is 17.2 Å². The molecule has 0 fully saturated rings. The summed E-state index contributed by atoms with van der Waals surface area (Å²) in [5.74, 6) is 0.403. The number of benzene rings is 2. The molecule has 3 aromatic rings. The molecule has 0 aliphatic carbocycles. The molecule has 7 heteroatoms. The lowest BCUT2D eigenvalue weighted by Gasteiger charge is -2.12. The number of fused-ring (bicyclic) bond motifs is 1. The summed E-state index contributed by atoms with van der Waals surface area (Å²) in [5, 5.41) is 10.9. The van der Waals surface area contributed by atoms with Gasteiger partial charge in [-0.1, -0.05) is 6.07 Å². The topological polar surface area (TPSA) is 98.0 Å². The third-order valence-corrected chi connectivity index (χ3v) is 4.07. The second kappa shape index (κ2) is 7.41. The zero-order chi connectivity index (χ0) is 19.6. The minimum absolute atomic E-state index is 0.215. The normalized spacial score (nSPS) is 10.6. The highest BCUT2D eigenvalue weighted by Crippen LogP contribution is 2.33. The molecule has 0 bridgehead atoms. The number of carboxylic acids is 1. The fourth-order valence-electron chi connectivity index (χ4n) is 2.84. The molecule has 0 unspecified atom stereocenters. The van der Waals surface area contributed by atoms with Crippen LogP contribution in [0.1, 0.15) is 5.76 Å². The number of methoxy groups -OCH3 is 2. The van der Waals surface area contributed by atoms with Crippen LogP contribution in [0.2, 0.25) is 0 Å². The Morgan fingerprint density at radius 2 is 1.81 bits per heavy atom. The number of hydrogen-bond donors (Lipinski definition) is 0. The molecular weight excluding hydrogens is 352 g/mol.